The van der Waals surface area contributed by atoms with Crippen molar-refractivity contribution in [1.82, 2.24) is 9.88 Å². The van der Waals surface area contributed by atoms with Gasteiger partial charge in [-0.2, -0.15) is 0 Å². The topological polar surface area (TPSA) is 71.5 Å². The zero-order valence-electron chi connectivity index (χ0n) is 16.8. The minimum atomic E-state index is -0.387. The number of benzene rings is 2. The number of carbonyl (C=O) groups is 2. The quantitative estimate of drug-likeness (QED) is 0.512. The number of ether oxygens (including phenoxy) is 1. The molecule has 31 heavy (non-hydrogen) atoms. The minimum absolute atomic E-state index is 0.129. The van der Waals surface area contributed by atoms with Crippen LogP contribution >= 0.6 is 23.2 Å². The molecule has 0 fully saturated rings. The lowest BCUT2D eigenvalue weighted by atomic mass is 10.2. The lowest BCUT2D eigenvalue weighted by Crippen LogP contribution is -2.37. The summed E-state index contributed by atoms with van der Waals surface area (Å²) in [7, 11) is 0. The molecule has 0 aliphatic carbocycles. The second-order valence-corrected chi connectivity index (χ2v) is 7.45. The van der Waals surface area contributed by atoms with Crippen LogP contribution in [-0.4, -0.2) is 34.8 Å². The van der Waals surface area contributed by atoms with Crippen LogP contribution in [0.3, 0.4) is 0 Å². The molecule has 1 heterocycles. The summed E-state index contributed by atoms with van der Waals surface area (Å²) >= 11 is 12.2. The van der Waals surface area contributed by atoms with Crippen molar-refractivity contribution in [3.63, 3.8) is 0 Å². The Balaban J connectivity index is 1.60. The van der Waals surface area contributed by atoms with Crippen LogP contribution in [0, 0.1) is 0 Å². The highest BCUT2D eigenvalue weighted by Gasteiger charge is 2.19. The number of nitrogens with zero attached hydrogens (tertiary/aromatic N) is 2. The maximum absolute atomic E-state index is 12.8. The van der Waals surface area contributed by atoms with Crippen molar-refractivity contribution in [3.05, 3.63) is 88.2 Å². The third-order valence-corrected chi connectivity index (χ3v) is 5.09. The van der Waals surface area contributed by atoms with Crippen molar-refractivity contribution in [1.29, 1.82) is 0 Å². The Hall–Kier alpha value is -3.09. The molecule has 2 amide bonds. The zero-order valence-corrected chi connectivity index (χ0v) is 18.4. The summed E-state index contributed by atoms with van der Waals surface area (Å²) in [5, 5.41) is 3.33. The summed E-state index contributed by atoms with van der Waals surface area (Å²) in [4.78, 5) is 30.8. The van der Waals surface area contributed by atoms with Crippen molar-refractivity contribution >= 4 is 40.7 Å². The molecule has 3 rings (SSSR count). The van der Waals surface area contributed by atoms with E-state index in [0.29, 0.717) is 40.2 Å². The van der Waals surface area contributed by atoms with Gasteiger partial charge in [-0.05, 0) is 49.4 Å². The first-order valence-electron chi connectivity index (χ1n) is 9.63. The summed E-state index contributed by atoms with van der Waals surface area (Å²) in [6, 6.07) is 15.5. The van der Waals surface area contributed by atoms with E-state index < -0.39 is 0 Å². The largest absolute Gasteiger partial charge is 0.489 e. The number of hydrogen-bond acceptors (Lipinski definition) is 4. The Morgan fingerprint density at radius 2 is 1.74 bits per heavy atom. The van der Waals surface area contributed by atoms with E-state index in [1.165, 1.54) is 4.90 Å². The Morgan fingerprint density at radius 3 is 2.35 bits per heavy atom. The van der Waals surface area contributed by atoms with Crippen molar-refractivity contribution in [2.24, 2.45) is 0 Å². The number of para-hydroxylation sites is 1. The first-order valence-corrected chi connectivity index (χ1v) is 10.4. The van der Waals surface area contributed by atoms with Crippen molar-refractivity contribution in [3.8, 4) is 5.75 Å². The van der Waals surface area contributed by atoms with Crippen LogP contribution in [0.25, 0.3) is 0 Å². The highest BCUT2D eigenvalue weighted by molar-refractivity contribution is 6.39. The average Bonchev–Trinajstić information content (AvgIpc) is 2.79. The Bertz CT molecular complexity index is 1020. The number of nitrogens with one attached hydrogen (secondary N) is 1. The Morgan fingerprint density at radius 1 is 1.03 bits per heavy atom. The molecule has 0 saturated heterocycles. The molecule has 0 radical (unpaired) electrons. The maximum atomic E-state index is 12.8. The average molecular weight is 458 g/mol. The lowest BCUT2D eigenvalue weighted by Gasteiger charge is -2.21. The number of rotatable bonds is 8. The molecule has 2 aromatic carbocycles. The number of anilines is 1. The summed E-state index contributed by atoms with van der Waals surface area (Å²) in [6.45, 7) is 2.42. The molecule has 0 saturated carbocycles. The first kappa shape index (κ1) is 22.6. The number of hydrogen-bond donors (Lipinski definition) is 1. The van der Waals surface area contributed by atoms with Gasteiger partial charge >= 0.3 is 0 Å². The molecule has 0 bridgehead atoms. The predicted molar refractivity (Wildman–Crippen MR) is 122 cm³/mol. The molecule has 0 aliphatic heterocycles. The van der Waals surface area contributed by atoms with Crippen LogP contribution in [0.2, 0.25) is 10.0 Å². The molecule has 6 nitrogen and oxygen atoms in total. The van der Waals surface area contributed by atoms with Gasteiger partial charge in [-0.3, -0.25) is 14.6 Å². The number of likely N-dealkylation sites (N-methyl/N-ethyl adjacent to an activating group) is 1. The van der Waals surface area contributed by atoms with Crippen molar-refractivity contribution in [2.75, 3.05) is 18.4 Å². The van der Waals surface area contributed by atoms with Gasteiger partial charge in [-0.25, -0.2) is 0 Å². The number of amides is 2. The molecule has 0 atom stereocenters. The fourth-order valence-corrected chi connectivity index (χ4v) is 3.32. The highest BCUT2D eigenvalue weighted by atomic mass is 35.5. The van der Waals surface area contributed by atoms with E-state index in [4.69, 9.17) is 27.9 Å². The van der Waals surface area contributed by atoms with Gasteiger partial charge in [0, 0.05) is 30.1 Å². The highest BCUT2D eigenvalue weighted by Crippen LogP contribution is 2.29. The van der Waals surface area contributed by atoms with Crippen LogP contribution in [-0.2, 0) is 11.4 Å². The third-order valence-electron chi connectivity index (χ3n) is 4.46. The molecule has 0 unspecified atom stereocenters. The van der Waals surface area contributed by atoms with Crippen molar-refractivity contribution in [2.45, 2.75) is 13.5 Å². The fraction of sp³-hybridized carbons (Fsp3) is 0.174. The second-order valence-electron chi connectivity index (χ2n) is 6.64. The van der Waals surface area contributed by atoms with E-state index in [0.717, 1.165) is 5.56 Å². The predicted octanol–water partition coefficient (Wildman–Crippen LogP) is 5.07. The lowest BCUT2D eigenvalue weighted by molar-refractivity contribution is -0.116. The van der Waals surface area contributed by atoms with Gasteiger partial charge in [-0.15, -0.1) is 0 Å². The molecule has 0 spiro atoms. The van der Waals surface area contributed by atoms with Gasteiger partial charge in [0.2, 0.25) is 5.91 Å². The summed E-state index contributed by atoms with van der Waals surface area (Å²) < 4.78 is 5.71. The number of aromatic nitrogens is 1. The molecular formula is C23H21Cl2N3O3. The number of pyridine rings is 1. The van der Waals surface area contributed by atoms with E-state index in [9.17, 15) is 9.59 Å². The molecule has 1 N–H and O–H groups in total. The van der Waals surface area contributed by atoms with Gasteiger partial charge in [0.05, 0.1) is 15.7 Å². The SMILES string of the molecule is CCN(CC(=O)Nc1c(Cl)cccc1Cl)C(=O)c1ccc(OCc2cccnc2)cc1. The van der Waals surface area contributed by atoms with Gasteiger partial charge in [0.1, 0.15) is 18.9 Å². The van der Waals surface area contributed by atoms with Gasteiger partial charge in [0.25, 0.3) is 5.91 Å². The normalized spacial score (nSPS) is 10.4. The van der Waals surface area contributed by atoms with Gasteiger partial charge in [0.15, 0.2) is 0 Å². The van der Waals surface area contributed by atoms with E-state index in [2.05, 4.69) is 10.3 Å². The first-order chi connectivity index (χ1) is 15.0. The van der Waals surface area contributed by atoms with Crippen molar-refractivity contribution < 1.29 is 14.3 Å². The Labute approximate surface area is 190 Å². The van der Waals surface area contributed by atoms with E-state index in [-0.39, 0.29) is 18.4 Å². The fourth-order valence-electron chi connectivity index (χ4n) is 2.82. The molecule has 1 aromatic heterocycles. The van der Waals surface area contributed by atoms with Crippen LogP contribution in [0.15, 0.2) is 67.0 Å². The van der Waals surface area contributed by atoms with E-state index in [1.54, 1.807) is 61.8 Å². The molecule has 0 aliphatic rings. The third kappa shape index (κ3) is 6.20. The zero-order chi connectivity index (χ0) is 22.2. The molecular weight excluding hydrogens is 437 g/mol. The van der Waals surface area contributed by atoms with Gasteiger partial charge in [-0.1, -0.05) is 35.3 Å². The van der Waals surface area contributed by atoms with Crippen LogP contribution in [0.1, 0.15) is 22.8 Å². The van der Waals surface area contributed by atoms with E-state index in [1.807, 2.05) is 12.1 Å². The second kappa shape index (κ2) is 10.8. The smallest absolute Gasteiger partial charge is 0.254 e. The summed E-state index contributed by atoms with van der Waals surface area (Å²) in [5.74, 6) is -0.0158. The summed E-state index contributed by atoms with van der Waals surface area (Å²) in [5.41, 5.74) is 1.73. The Kier molecular flexibility index (Phi) is 7.87. The monoisotopic (exact) mass is 457 g/mol. The standard InChI is InChI=1S/C23H21Cl2N3O3/c1-2-28(14-21(29)27-22-19(24)6-3-7-20(22)25)23(30)17-8-10-18(11-9-17)31-15-16-5-4-12-26-13-16/h3-13H,2,14-15H2,1H3,(H,27,29). The number of carbonyl (C=O) groups excluding carboxylic acids is 2. The maximum Gasteiger partial charge on any atom is 0.254 e. The molecule has 160 valence electrons. The molecule has 3 aromatic rings. The van der Waals surface area contributed by atoms with Crippen LogP contribution in [0.5, 0.6) is 5.75 Å². The summed E-state index contributed by atoms with van der Waals surface area (Å²) in [6.07, 6.45) is 3.44. The number of halogens is 2. The van der Waals surface area contributed by atoms with Crippen LogP contribution < -0.4 is 10.1 Å². The van der Waals surface area contributed by atoms with Gasteiger partial charge < -0.3 is 15.0 Å². The van der Waals surface area contributed by atoms with Crippen LogP contribution in [0.4, 0.5) is 5.69 Å². The van der Waals surface area contributed by atoms with E-state index >= 15 is 0 Å². The minimum Gasteiger partial charge on any atom is -0.489 e. The molecule has 8 heteroatoms.